The van der Waals surface area contributed by atoms with Crippen molar-refractivity contribution in [2.45, 2.75) is 13.8 Å². The van der Waals surface area contributed by atoms with Gasteiger partial charge >= 0.3 is 5.97 Å². The van der Waals surface area contributed by atoms with Gasteiger partial charge in [0.05, 0.1) is 27.9 Å². The number of hydrogen-bond donors (Lipinski definition) is 1. The van der Waals surface area contributed by atoms with Crippen LogP contribution in [0.15, 0.2) is 42.5 Å². The number of hydrogen-bond acceptors (Lipinski definition) is 6. The minimum absolute atomic E-state index is 0.231. The van der Waals surface area contributed by atoms with Crippen molar-refractivity contribution in [3.8, 4) is 5.69 Å². The summed E-state index contributed by atoms with van der Waals surface area (Å²) in [6.45, 7) is 3.97. The molecule has 0 aliphatic carbocycles. The first-order valence-corrected chi connectivity index (χ1v) is 10.8. The van der Waals surface area contributed by atoms with Gasteiger partial charge in [0.2, 0.25) is 0 Å². The van der Waals surface area contributed by atoms with E-state index in [9.17, 15) is 9.59 Å². The largest absolute Gasteiger partial charge is 0.462 e. The summed E-state index contributed by atoms with van der Waals surface area (Å²) < 4.78 is 6.79. The number of carbonyl (C=O) groups excluding carboxylic acids is 2. The summed E-state index contributed by atoms with van der Waals surface area (Å²) in [6.07, 6.45) is 0. The lowest BCUT2D eigenvalue weighted by atomic mass is 10.3. The van der Waals surface area contributed by atoms with Crippen molar-refractivity contribution in [3.63, 3.8) is 0 Å². The van der Waals surface area contributed by atoms with E-state index < -0.39 is 5.97 Å². The highest BCUT2D eigenvalue weighted by atomic mass is 35.5. The molecular formula is C20H16ClN3O3S2. The molecule has 9 heteroatoms. The van der Waals surface area contributed by atoms with Crippen molar-refractivity contribution in [3.05, 3.63) is 62.9 Å². The number of thiophene rings is 2. The fourth-order valence-electron chi connectivity index (χ4n) is 2.81. The van der Waals surface area contributed by atoms with E-state index in [0.29, 0.717) is 26.4 Å². The molecule has 1 aromatic carbocycles. The maximum absolute atomic E-state index is 12.7. The van der Waals surface area contributed by atoms with Gasteiger partial charge in [0, 0.05) is 10.4 Å². The van der Waals surface area contributed by atoms with Crippen LogP contribution in [-0.4, -0.2) is 28.3 Å². The van der Waals surface area contributed by atoms with Gasteiger partial charge in [-0.3, -0.25) is 4.79 Å². The standard InChI is InChI=1S/C20H16ClN3O3S2/c1-3-27-20(26)15-8-9-17(28-15)22-18(25)16-10-14-11(2)23-24(19(14)29-16)13-6-4-12(21)5-7-13/h4-10H,3H2,1-2H3,(H,22,25). The average Bonchev–Trinajstić information content (AvgIpc) is 3.40. The maximum atomic E-state index is 12.7. The molecule has 3 heterocycles. The van der Waals surface area contributed by atoms with E-state index in [4.69, 9.17) is 16.3 Å². The van der Waals surface area contributed by atoms with Crippen LogP contribution in [0.3, 0.4) is 0 Å². The number of nitrogens with zero attached hydrogens (tertiary/aromatic N) is 2. The number of rotatable bonds is 5. The molecule has 0 aliphatic heterocycles. The Morgan fingerprint density at radius 3 is 2.62 bits per heavy atom. The van der Waals surface area contributed by atoms with Crippen LogP contribution in [-0.2, 0) is 4.74 Å². The topological polar surface area (TPSA) is 73.2 Å². The van der Waals surface area contributed by atoms with Gasteiger partial charge in [0.15, 0.2) is 0 Å². The molecule has 148 valence electrons. The molecule has 0 aliphatic rings. The zero-order chi connectivity index (χ0) is 20.5. The van der Waals surface area contributed by atoms with Crippen molar-refractivity contribution in [2.24, 2.45) is 0 Å². The van der Waals surface area contributed by atoms with Crippen LogP contribution in [0.5, 0.6) is 0 Å². The smallest absolute Gasteiger partial charge is 0.348 e. The van der Waals surface area contributed by atoms with Crippen LogP contribution in [0.2, 0.25) is 5.02 Å². The van der Waals surface area contributed by atoms with Gasteiger partial charge in [-0.2, -0.15) is 5.10 Å². The van der Waals surface area contributed by atoms with Crippen molar-refractivity contribution < 1.29 is 14.3 Å². The van der Waals surface area contributed by atoms with E-state index in [1.54, 1.807) is 31.2 Å². The molecule has 0 saturated heterocycles. The molecule has 0 saturated carbocycles. The van der Waals surface area contributed by atoms with Crippen LogP contribution < -0.4 is 5.32 Å². The number of ether oxygens (including phenoxy) is 1. The number of benzene rings is 1. The van der Waals surface area contributed by atoms with Crippen molar-refractivity contribution in [2.75, 3.05) is 11.9 Å². The van der Waals surface area contributed by atoms with E-state index in [-0.39, 0.29) is 5.91 Å². The summed E-state index contributed by atoms with van der Waals surface area (Å²) in [5, 5.41) is 9.59. The first kappa shape index (κ1) is 19.6. The zero-order valence-corrected chi connectivity index (χ0v) is 18.0. The highest BCUT2D eigenvalue weighted by Gasteiger charge is 2.18. The Morgan fingerprint density at radius 2 is 1.90 bits per heavy atom. The second kappa shape index (κ2) is 7.98. The number of anilines is 1. The quantitative estimate of drug-likeness (QED) is 0.409. The Bertz CT molecular complexity index is 1210. The number of esters is 1. The summed E-state index contributed by atoms with van der Waals surface area (Å²) in [4.78, 5) is 26.4. The second-order valence-corrected chi connectivity index (χ2v) is 8.69. The van der Waals surface area contributed by atoms with Gasteiger partial charge in [0.1, 0.15) is 9.71 Å². The Balaban J connectivity index is 1.60. The minimum Gasteiger partial charge on any atom is -0.462 e. The van der Waals surface area contributed by atoms with Gasteiger partial charge in [-0.05, 0) is 56.3 Å². The minimum atomic E-state index is -0.390. The Hall–Kier alpha value is -2.68. The monoisotopic (exact) mass is 445 g/mol. The molecule has 0 radical (unpaired) electrons. The Labute approximate surface area is 179 Å². The summed E-state index contributed by atoms with van der Waals surface area (Å²) in [5.41, 5.74) is 1.71. The number of aromatic nitrogens is 2. The highest BCUT2D eigenvalue weighted by Crippen LogP contribution is 2.32. The number of aryl methyl sites for hydroxylation is 1. The van der Waals surface area contributed by atoms with Crippen LogP contribution in [0, 0.1) is 6.92 Å². The molecule has 0 unspecified atom stereocenters. The molecule has 4 aromatic rings. The fourth-order valence-corrected chi connectivity index (χ4v) is 4.81. The number of fused-ring (bicyclic) bond motifs is 1. The van der Waals surface area contributed by atoms with Crippen LogP contribution in [0.4, 0.5) is 5.00 Å². The van der Waals surface area contributed by atoms with E-state index in [0.717, 1.165) is 21.6 Å². The van der Waals surface area contributed by atoms with Crippen molar-refractivity contribution in [1.29, 1.82) is 0 Å². The molecule has 29 heavy (non-hydrogen) atoms. The molecule has 1 N–H and O–H groups in total. The van der Waals surface area contributed by atoms with Crippen molar-refractivity contribution in [1.82, 2.24) is 9.78 Å². The lowest BCUT2D eigenvalue weighted by Gasteiger charge is -2.02. The summed E-state index contributed by atoms with van der Waals surface area (Å²) in [7, 11) is 0. The molecule has 0 atom stereocenters. The summed E-state index contributed by atoms with van der Waals surface area (Å²) in [6, 6.07) is 12.6. The number of carbonyl (C=O) groups is 2. The molecule has 6 nitrogen and oxygen atoms in total. The Morgan fingerprint density at radius 1 is 1.14 bits per heavy atom. The molecule has 4 rings (SSSR count). The molecule has 0 spiro atoms. The van der Waals surface area contributed by atoms with Crippen molar-refractivity contribution >= 4 is 61.4 Å². The lowest BCUT2D eigenvalue weighted by molar-refractivity contribution is 0.0532. The zero-order valence-electron chi connectivity index (χ0n) is 15.6. The SMILES string of the molecule is CCOC(=O)c1ccc(NC(=O)c2cc3c(C)nn(-c4ccc(Cl)cc4)c3s2)s1. The first-order valence-electron chi connectivity index (χ1n) is 8.79. The first-order chi connectivity index (χ1) is 14.0. The highest BCUT2D eigenvalue weighted by molar-refractivity contribution is 7.21. The number of amides is 1. The number of nitrogens with one attached hydrogen (secondary N) is 1. The lowest BCUT2D eigenvalue weighted by Crippen LogP contribution is -2.08. The van der Waals surface area contributed by atoms with Gasteiger partial charge in [-0.1, -0.05) is 11.6 Å². The molecule has 0 fully saturated rings. The van der Waals surface area contributed by atoms with Gasteiger partial charge < -0.3 is 10.1 Å². The van der Waals surface area contributed by atoms with Crippen LogP contribution >= 0.6 is 34.3 Å². The third-order valence-corrected chi connectivity index (χ3v) is 6.50. The van der Waals surface area contributed by atoms with Crippen LogP contribution in [0.25, 0.3) is 15.9 Å². The summed E-state index contributed by atoms with van der Waals surface area (Å²) in [5.74, 6) is -0.621. The Kier molecular flexibility index (Phi) is 5.40. The molecular weight excluding hydrogens is 430 g/mol. The normalized spacial score (nSPS) is 11.0. The molecule has 0 bridgehead atoms. The fraction of sp³-hybridized carbons (Fsp3) is 0.150. The third kappa shape index (κ3) is 3.91. The van der Waals surface area contributed by atoms with E-state index in [1.807, 2.05) is 29.8 Å². The van der Waals surface area contributed by atoms with Gasteiger partial charge in [-0.25, -0.2) is 9.48 Å². The number of halogens is 1. The third-order valence-electron chi connectivity index (χ3n) is 4.16. The van der Waals surface area contributed by atoms with E-state index >= 15 is 0 Å². The predicted octanol–water partition coefficient (Wildman–Crippen LogP) is 5.54. The van der Waals surface area contributed by atoms with Crippen LogP contribution in [0.1, 0.15) is 32.0 Å². The summed E-state index contributed by atoms with van der Waals surface area (Å²) >= 11 is 8.52. The average molecular weight is 446 g/mol. The van der Waals surface area contributed by atoms with Gasteiger partial charge in [0.25, 0.3) is 5.91 Å². The van der Waals surface area contributed by atoms with Gasteiger partial charge in [-0.15, -0.1) is 22.7 Å². The molecule has 3 aromatic heterocycles. The second-order valence-electron chi connectivity index (χ2n) is 6.14. The van der Waals surface area contributed by atoms with E-state index in [1.165, 1.54) is 22.7 Å². The maximum Gasteiger partial charge on any atom is 0.348 e. The van der Waals surface area contributed by atoms with E-state index in [2.05, 4.69) is 10.4 Å². The predicted molar refractivity (Wildman–Crippen MR) is 117 cm³/mol. The molecule has 1 amide bonds.